The van der Waals surface area contributed by atoms with Crippen LogP contribution in [0.15, 0.2) is 0 Å². The molecule has 13 heavy (non-hydrogen) atoms. The van der Waals surface area contributed by atoms with Crippen molar-refractivity contribution in [1.29, 1.82) is 0 Å². The Morgan fingerprint density at radius 3 is 1.85 bits per heavy atom. The Morgan fingerprint density at radius 1 is 1.23 bits per heavy atom. The minimum absolute atomic E-state index is 0.0556. The molecule has 0 radical (unpaired) electrons. The van der Waals surface area contributed by atoms with Crippen LogP contribution in [0.5, 0.6) is 0 Å². The van der Waals surface area contributed by atoms with Crippen molar-refractivity contribution in [3.05, 3.63) is 0 Å². The van der Waals surface area contributed by atoms with Gasteiger partial charge in [0.05, 0.1) is 0 Å². The number of carbonyl (C=O) groups is 1. The predicted octanol–water partition coefficient (Wildman–Crippen LogP) is 2.33. The maximum Gasteiger partial charge on any atom is 0.134 e. The van der Waals surface area contributed by atoms with Crippen molar-refractivity contribution in [1.82, 2.24) is 4.90 Å². The van der Waals surface area contributed by atoms with Gasteiger partial charge in [0.25, 0.3) is 0 Å². The molecule has 0 aliphatic heterocycles. The second-order valence-corrected chi connectivity index (χ2v) is 4.69. The lowest BCUT2D eigenvalue weighted by Crippen LogP contribution is -2.51. The molecule has 2 heteroatoms. The Morgan fingerprint density at radius 2 is 1.62 bits per heavy atom. The van der Waals surface area contributed by atoms with Crippen LogP contribution >= 0.6 is 0 Å². The molecular weight excluding hydrogens is 162 g/mol. The van der Waals surface area contributed by atoms with Crippen molar-refractivity contribution in [2.24, 2.45) is 5.92 Å². The average Bonchev–Trinajstić information content (AvgIpc) is 2.01. The molecule has 0 spiro atoms. The second kappa shape index (κ2) is 4.23. The van der Waals surface area contributed by atoms with E-state index in [0.29, 0.717) is 6.04 Å². The lowest BCUT2D eigenvalue weighted by atomic mass is 9.84. The molecule has 0 N–H and O–H groups in total. The largest absolute Gasteiger partial charge is 0.300 e. The summed E-state index contributed by atoms with van der Waals surface area (Å²) >= 11 is 0. The van der Waals surface area contributed by atoms with Gasteiger partial charge < -0.3 is 0 Å². The number of carbonyl (C=O) groups excluding carboxylic acids is 1. The van der Waals surface area contributed by atoms with E-state index in [1.165, 1.54) is 0 Å². The Balaban J connectivity index is 4.64. The molecule has 0 bridgehead atoms. The zero-order valence-electron chi connectivity index (χ0n) is 10.0. The molecule has 0 aliphatic carbocycles. The predicted molar refractivity (Wildman–Crippen MR) is 56.8 cm³/mol. The van der Waals surface area contributed by atoms with Crippen LogP contribution in [0.3, 0.4) is 0 Å². The number of ketones is 1. The van der Waals surface area contributed by atoms with Crippen LogP contribution in [0.2, 0.25) is 0 Å². The summed E-state index contributed by atoms with van der Waals surface area (Å²) in [7, 11) is 2.07. The summed E-state index contributed by atoms with van der Waals surface area (Å²) in [6, 6.07) is 0.469. The average molecular weight is 185 g/mol. The van der Waals surface area contributed by atoms with Gasteiger partial charge in [0.1, 0.15) is 5.78 Å². The standard InChI is InChI=1S/C11H23NO/c1-8(2)12(7)11(5,6)9(3)10(4)13/h8-9H,1-7H3. The Kier molecular flexibility index (Phi) is 4.11. The molecule has 0 saturated heterocycles. The third kappa shape index (κ3) is 2.80. The maximum atomic E-state index is 11.3. The van der Waals surface area contributed by atoms with E-state index in [2.05, 4.69) is 39.6 Å². The third-order valence-electron chi connectivity index (χ3n) is 3.35. The number of hydrogen-bond donors (Lipinski definition) is 0. The van der Waals surface area contributed by atoms with Crippen LogP contribution in [0, 0.1) is 5.92 Å². The highest BCUT2D eigenvalue weighted by molar-refractivity contribution is 5.79. The zero-order chi connectivity index (χ0) is 10.8. The second-order valence-electron chi connectivity index (χ2n) is 4.69. The smallest absolute Gasteiger partial charge is 0.134 e. The summed E-state index contributed by atoms with van der Waals surface area (Å²) in [5.41, 5.74) is -0.0556. The molecule has 0 fully saturated rings. The molecule has 0 rings (SSSR count). The van der Waals surface area contributed by atoms with Crippen molar-refractivity contribution in [3.63, 3.8) is 0 Å². The lowest BCUT2D eigenvalue weighted by Gasteiger charge is -2.42. The molecule has 1 unspecified atom stereocenters. The summed E-state index contributed by atoms with van der Waals surface area (Å²) in [5.74, 6) is 0.345. The fraction of sp³-hybridized carbons (Fsp3) is 0.909. The lowest BCUT2D eigenvalue weighted by molar-refractivity contribution is -0.124. The van der Waals surface area contributed by atoms with Crippen molar-refractivity contribution >= 4 is 5.78 Å². The summed E-state index contributed by atoms with van der Waals surface area (Å²) in [5, 5.41) is 0. The van der Waals surface area contributed by atoms with Crippen LogP contribution in [0.25, 0.3) is 0 Å². The summed E-state index contributed by atoms with van der Waals surface area (Å²) in [4.78, 5) is 13.5. The topological polar surface area (TPSA) is 20.3 Å². The van der Waals surface area contributed by atoms with Crippen LogP contribution in [0.1, 0.15) is 41.5 Å². The van der Waals surface area contributed by atoms with Gasteiger partial charge in [-0.15, -0.1) is 0 Å². The van der Waals surface area contributed by atoms with Crippen LogP contribution in [0.4, 0.5) is 0 Å². The van der Waals surface area contributed by atoms with E-state index in [0.717, 1.165) is 0 Å². The molecular formula is C11H23NO. The Bertz CT molecular complexity index is 185. The molecule has 78 valence electrons. The van der Waals surface area contributed by atoms with Gasteiger partial charge in [0, 0.05) is 17.5 Å². The van der Waals surface area contributed by atoms with Crippen molar-refractivity contribution in [3.8, 4) is 0 Å². The van der Waals surface area contributed by atoms with Gasteiger partial charge in [-0.2, -0.15) is 0 Å². The molecule has 0 amide bonds. The minimum atomic E-state index is -0.0556. The van der Waals surface area contributed by atoms with Gasteiger partial charge in [-0.25, -0.2) is 0 Å². The fourth-order valence-electron chi connectivity index (χ4n) is 1.47. The highest BCUT2D eigenvalue weighted by Gasteiger charge is 2.33. The van der Waals surface area contributed by atoms with E-state index in [-0.39, 0.29) is 17.2 Å². The van der Waals surface area contributed by atoms with Gasteiger partial charge in [0.15, 0.2) is 0 Å². The number of rotatable bonds is 4. The van der Waals surface area contributed by atoms with Gasteiger partial charge in [-0.1, -0.05) is 6.92 Å². The summed E-state index contributed by atoms with van der Waals surface area (Å²) in [6.07, 6.45) is 0. The highest BCUT2D eigenvalue weighted by Crippen LogP contribution is 2.25. The summed E-state index contributed by atoms with van der Waals surface area (Å²) in [6.45, 7) is 12.2. The van der Waals surface area contributed by atoms with Crippen molar-refractivity contribution in [2.45, 2.75) is 53.1 Å². The van der Waals surface area contributed by atoms with Crippen LogP contribution < -0.4 is 0 Å². The van der Waals surface area contributed by atoms with E-state index in [4.69, 9.17) is 0 Å². The van der Waals surface area contributed by atoms with Gasteiger partial charge in [0.2, 0.25) is 0 Å². The fourth-order valence-corrected chi connectivity index (χ4v) is 1.47. The number of hydrogen-bond acceptors (Lipinski definition) is 2. The van der Waals surface area contributed by atoms with Crippen LogP contribution in [-0.2, 0) is 4.79 Å². The molecule has 0 aromatic heterocycles. The molecule has 0 aromatic carbocycles. The molecule has 0 aliphatic rings. The summed E-state index contributed by atoms with van der Waals surface area (Å²) < 4.78 is 0. The zero-order valence-corrected chi connectivity index (χ0v) is 10.0. The first-order chi connectivity index (χ1) is 5.71. The van der Waals surface area contributed by atoms with E-state index >= 15 is 0 Å². The maximum absolute atomic E-state index is 11.3. The van der Waals surface area contributed by atoms with Gasteiger partial charge in [-0.05, 0) is 41.7 Å². The first-order valence-electron chi connectivity index (χ1n) is 4.94. The van der Waals surface area contributed by atoms with E-state index in [1.807, 2.05) is 6.92 Å². The van der Waals surface area contributed by atoms with E-state index in [1.54, 1.807) is 6.92 Å². The highest BCUT2D eigenvalue weighted by atomic mass is 16.1. The first kappa shape index (κ1) is 12.6. The molecule has 0 heterocycles. The first-order valence-corrected chi connectivity index (χ1v) is 4.94. The number of nitrogens with zero attached hydrogens (tertiary/aromatic N) is 1. The number of Topliss-reactive ketones (excluding diaryl/α,β-unsaturated/α-hetero) is 1. The monoisotopic (exact) mass is 185 g/mol. The minimum Gasteiger partial charge on any atom is -0.300 e. The van der Waals surface area contributed by atoms with Gasteiger partial charge >= 0.3 is 0 Å². The SMILES string of the molecule is CC(=O)C(C)C(C)(C)N(C)C(C)C. The van der Waals surface area contributed by atoms with E-state index in [9.17, 15) is 4.79 Å². The van der Waals surface area contributed by atoms with E-state index < -0.39 is 0 Å². The van der Waals surface area contributed by atoms with Crippen LogP contribution in [-0.4, -0.2) is 29.3 Å². The normalized spacial score (nSPS) is 15.2. The molecule has 0 saturated carbocycles. The molecule has 0 aromatic rings. The Labute approximate surface area is 82.3 Å². The third-order valence-corrected chi connectivity index (χ3v) is 3.35. The Hall–Kier alpha value is -0.370. The van der Waals surface area contributed by atoms with Crippen molar-refractivity contribution < 1.29 is 4.79 Å². The van der Waals surface area contributed by atoms with Crippen molar-refractivity contribution in [2.75, 3.05) is 7.05 Å². The molecule has 1 atom stereocenters. The van der Waals surface area contributed by atoms with Gasteiger partial charge in [-0.3, -0.25) is 9.69 Å². The molecule has 2 nitrogen and oxygen atoms in total. The quantitative estimate of drug-likeness (QED) is 0.670.